The van der Waals surface area contributed by atoms with Gasteiger partial charge in [-0.15, -0.1) is 0 Å². The molecule has 5 heteroatoms. The van der Waals surface area contributed by atoms with Crippen LogP contribution < -0.4 is 10.1 Å². The summed E-state index contributed by atoms with van der Waals surface area (Å²) in [5.41, 5.74) is 2.11. The molecule has 2 aromatic carbocycles. The van der Waals surface area contributed by atoms with Gasteiger partial charge in [0.05, 0.1) is 11.9 Å². The molecule has 0 aliphatic heterocycles. The molecule has 0 bridgehead atoms. The number of carbonyl (C=O) groups is 1. The van der Waals surface area contributed by atoms with Crippen LogP contribution in [-0.2, 0) is 13.2 Å². The fourth-order valence-electron chi connectivity index (χ4n) is 2.34. The molecular formula is C19H19N3O2. The van der Waals surface area contributed by atoms with Crippen molar-refractivity contribution < 1.29 is 9.53 Å². The summed E-state index contributed by atoms with van der Waals surface area (Å²) < 4.78 is 7.52. The van der Waals surface area contributed by atoms with Crippen LogP contribution in [-0.4, -0.2) is 15.7 Å². The molecule has 1 heterocycles. The lowest BCUT2D eigenvalue weighted by Gasteiger charge is -2.11. The van der Waals surface area contributed by atoms with Crippen molar-refractivity contribution in [2.24, 2.45) is 0 Å². The number of aromatic nitrogens is 2. The second-order valence-electron chi connectivity index (χ2n) is 5.30. The number of aryl methyl sites for hydroxylation is 1. The Labute approximate surface area is 140 Å². The smallest absolute Gasteiger partial charge is 0.256 e. The van der Waals surface area contributed by atoms with Crippen LogP contribution >= 0.6 is 0 Å². The molecule has 0 saturated carbocycles. The average molecular weight is 321 g/mol. The van der Waals surface area contributed by atoms with Gasteiger partial charge in [0.2, 0.25) is 0 Å². The first-order valence-corrected chi connectivity index (χ1v) is 7.86. The summed E-state index contributed by atoms with van der Waals surface area (Å²) in [5, 5.41) is 7.03. The van der Waals surface area contributed by atoms with Gasteiger partial charge >= 0.3 is 0 Å². The van der Waals surface area contributed by atoms with Crippen molar-refractivity contribution in [3.8, 4) is 5.75 Å². The molecule has 3 aromatic rings. The van der Waals surface area contributed by atoms with Gasteiger partial charge in [-0.25, -0.2) is 0 Å². The second kappa shape index (κ2) is 7.46. The molecule has 1 amide bonds. The average Bonchev–Trinajstić information content (AvgIpc) is 3.08. The topological polar surface area (TPSA) is 56.2 Å². The van der Waals surface area contributed by atoms with Gasteiger partial charge in [-0.3, -0.25) is 9.48 Å². The molecule has 24 heavy (non-hydrogen) atoms. The van der Waals surface area contributed by atoms with Gasteiger partial charge in [0.15, 0.2) is 0 Å². The predicted octanol–water partition coefficient (Wildman–Crippen LogP) is 3.73. The number of rotatable bonds is 6. The lowest BCUT2D eigenvalue weighted by molar-refractivity contribution is 0.102. The van der Waals surface area contributed by atoms with Gasteiger partial charge in [-0.2, -0.15) is 5.10 Å². The Hall–Kier alpha value is -3.08. The monoisotopic (exact) mass is 321 g/mol. The van der Waals surface area contributed by atoms with Gasteiger partial charge in [-0.1, -0.05) is 36.4 Å². The van der Waals surface area contributed by atoms with Crippen LogP contribution in [0.3, 0.4) is 0 Å². The minimum Gasteiger partial charge on any atom is -0.489 e. The predicted molar refractivity (Wildman–Crippen MR) is 93.1 cm³/mol. The van der Waals surface area contributed by atoms with Crippen molar-refractivity contribution in [3.05, 3.63) is 78.1 Å². The fourth-order valence-corrected chi connectivity index (χ4v) is 2.34. The largest absolute Gasteiger partial charge is 0.489 e. The van der Waals surface area contributed by atoms with Crippen LogP contribution in [0.2, 0.25) is 0 Å². The van der Waals surface area contributed by atoms with E-state index in [-0.39, 0.29) is 5.91 Å². The molecule has 0 saturated heterocycles. The Kier molecular flexibility index (Phi) is 4.91. The summed E-state index contributed by atoms with van der Waals surface area (Å²) in [6, 6.07) is 17.0. The molecule has 0 aliphatic rings. The van der Waals surface area contributed by atoms with E-state index in [9.17, 15) is 4.79 Å². The minimum absolute atomic E-state index is 0.169. The summed E-state index contributed by atoms with van der Waals surface area (Å²) in [7, 11) is 0. The van der Waals surface area contributed by atoms with Crippen molar-refractivity contribution in [2.45, 2.75) is 20.1 Å². The van der Waals surface area contributed by atoms with Gasteiger partial charge in [0.25, 0.3) is 5.91 Å². The number of para-hydroxylation sites is 1. The van der Waals surface area contributed by atoms with E-state index in [1.54, 1.807) is 23.1 Å². The summed E-state index contributed by atoms with van der Waals surface area (Å²) in [5.74, 6) is 0.606. The Balaban J connectivity index is 1.72. The van der Waals surface area contributed by atoms with Crippen molar-refractivity contribution in [3.63, 3.8) is 0 Å². The summed E-state index contributed by atoms with van der Waals surface area (Å²) in [6.45, 7) is 3.09. The maximum Gasteiger partial charge on any atom is 0.256 e. The number of hydrogen-bond donors (Lipinski definition) is 1. The first-order valence-electron chi connectivity index (χ1n) is 7.86. The number of nitrogens with one attached hydrogen (secondary N) is 1. The molecule has 5 nitrogen and oxygen atoms in total. The highest BCUT2D eigenvalue weighted by atomic mass is 16.5. The van der Waals surface area contributed by atoms with Crippen LogP contribution in [0.1, 0.15) is 22.8 Å². The van der Waals surface area contributed by atoms with Crippen LogP contribution in [0.15, 0.2) is 67.0 Å². The summed E-state index contributed by atoms with van der Waals surface area (Å²) >= 11 is 0. The highest BCUT2D eigenvalue weighted by molar-refractivity contribution is 6.05. The van der Waals surface area contributed by atoms with Gasteiger partial charge in [0.1, 0.15) is 12.4 Å². The molecule has 0 fully saturated rings. The lowest BCUT2D eigenvalue weighted by atomic mass is 10.1. The second-order valence-corrected chi connectivity index (χ2v) is 5.30. The molecule has 0 unspecified atom stereocenters. The third-order valence-corrected chi connectivity index (χ3v) is 3.61. The zero-order valence-corrected chi connectivity index (χ0v) is 13.5. The van der Waals surface area contributed by atoms with Gasteiger partial charge < -0.3 is 10.1 Å². The Morgan fingerprint density at radius 2 is 1.88 bits per heavy atom. The number of anilines is 1. The molecule has 3 rings (SSSR count). The van der Waals surface area contributed by atoms with E-state index < -0.39 is 0 Å². The minimum atomic E-state index is -0.169. The van der Waals surface area contributed by atoms with Crippen LogP contribution in [0.4, 0.5) is 5.69 Å². The zero-order valence-electron chi connectivity index (χ0n) is 13.5. The number of carbonyl (C=O) groups excluding carboxylic acids is 1. The van der Waals surface area contributed by atoms with E-state index in [1.807, 2.05) is 55.5 Å². The maximum atomic E-state index is 12.5. The van der Waals surface area contributed by atoms with Gasteiger partial charge in [-0.05, 0) is 25.1 Å². The number of ether oxygens (including phenoxy) is 1. The third-order valence-electron chi connectivity index (χ3n) is 3.61. The first-order chi connectivity index (χ1) is 11.8. The molecule has 1 aromatic heterocycles. The van der Waals surface area contributed by atoms with Crippen LogP contribution in [0.5, 0.6) is 5.75 Å². The fraction of sp³-hybridized carbons (Fsp3) is 0.158. The number of hydrogen-bond acceptors (Lipinski definition) is 3. The number of nitrogens with zero attached hydrogens (tertiary/aromatic N) is 2. The van der Waals surface area contributed by atoms with Crippen molar-refractivity contribution in [1.82, 2.24) is 9.78 Å². The molecule has 0 spiro atoms. The molecule has 0 atom stereocenters. The van der Waals surface area contributed by atoms with Crippen molar-refractivity contribution >= 4 is 11.6 Å². The normalized spacial score (nSPS) is 10.4. The van der Waals surface area contributed by atoms with Crippen LogP contribution in [0, 0.1) is 0 Å². The third kappa shape index (κ3) is 3.81. The van der Waals surface area contributed by atoms with Crippen molar-refractivity contribution in [2.75, 3.05) is 5.32 Å². The lowest BCUT2D eigenvalue weighted by Crippen LogP contribution is -2.14. The van der Waals surface area contributed by atoms with E-state index in [2.05, 4.69) is 10.4 Å². The highest BCUT2D eigenvalue weighted by Crippen LogP contribution is 2.16. The summed E-state index contributed by atoms with van der Waals surface area (Å²) in [6.07, 6.45) is 3.45. The van der Waals surface area contributed by atoms with E-state index in [0.717, 1.165) is 17.9 Å². The molecular weight excluding hydrogens is 302 g/mol. The Bertz CT molecular complexity index is 812. The number of benzene rings is 2. The van der Waals surface area contributed by atoms with Crippen LogP contribution in [0.25, 0.3) is 0 Å². The molecule has 0 radical (unpaired) electrons. The Morgan fingerprint density at radius 3 is 2.62 bits per heavy atom. The first kappa shape index (κ1) is 15.8. The van der Waals surface area contributed by atoms with Crippen molar-refractivity contribution in [1.29, 1.82) is 0 Å². The highest BCUT2D eigenvalue weighted by Gasteiger charge is 2.12. The summed E-state index contributed by atoms with van der Waals surface area (Å²) in [4.78, 5) is 12.5. The van der Waals surface area contributed by atoms with E-state index >= 15 is 0 Å². The SMILES string of the molecule is CCn1cc(NC(=O)c2ccccc2COc2ccccc2)cn1. The molecule has 0 aliphatic carbocycles. The standard InChI is InChI=1S/C19H19N3O2/c1-2-22-13-16(12-20-22)21-19(23)18-11-7-6-8-15(18)14-24-17-9-4-3-5-10-17/h3-13H,2,14H2,1H3,(H,21,23). The van der Waals surface area contributed by atoms with E-state index in [4.69, 9.17) is 4.74 Å². The zero-order chi connectivity index (χ0) is 16.8. The van der Waals surface area contributed by atoms with Gasteiger partial charge in [0, 0.05) is 23.9 Å². The maximum absolute atomic E-state index is 12.5. The Morgan fingerprint density at radius 1 is 1.12 bits per heavy atom. The van der Waals surface area contributed by atoms with E-state index in [0.29, 0.717) is 17.9 Å². The quantitative estimate of drug-likeness (QED) is 0.752. The number of amides is 1. The molecule has 1 N–H and O–H groups in total. The molecule has 122 valence electrons. The van der Waals surface area contributed by atoms with E-state index in [1.165, 1.54) is 0 Å².